The van der Waals surface area contributed by atoms with Crippen LogP contribution >= 0.6 is 0 Å². The molecule has 0 aliphatic rings. The van der Waals surface area contributed by atoms with Crippen LogP contribution in [0.3, 0.4) is 0 Å². The molecule has 0 saturated carbocycles. The molecule has 10 aromatic rings. The van der Waals surface area contributed by atoms with Gasteiger partial charge in [-0.2, -0.15) is 0 Å². The summed E-state index contributed by atoms with van der Waals surface area (Å²) in [6.07, 6.45) is 0. The predicted octanol–water partition coefficient (Wildman–Crippen LogP) is 11.7. The van der Waals surface area contributed by atoms with Crippen molar-refractivity contribution in [3.05, 3.63) is 182 Å². The Hall–Kier alpha value is -6.78. The molecule has 234 valence electrons. The van der Waals surface area contributed by atoms with Crippen LogP contribution in [-0.2, 0) is 0 Å². The summed E-state index contributed by atoms with van der Waals surface area (Å²) in [7, 11) is 0. The maximum atomic E-state index is 9.87. The first kappa shape index (κ1) is 17.6. The maximum absolute atomic E-state index is 9.87. The van der Waals surface area contributed by atoms with Crippen molar-refractivity contribution in [3.8, 4) is 45.3 Å². The quantitative estimate of drug-likeness (QED) is 0.185. The highest BCUT2D eigenvalue weighted by molar-refractivity contribution is 6.12. The fraction of sp³-hybridized carbons (Fsp3) is 0. The molecule has 10 rings (SSSR count). The van der Waals surface area contributed by atoms with Gasteiger partial charge in [-0.15, -0.1) is 0 Å². The van der Waals surface area contributed by atoms with Crippen molar-refractivity contribution in [3.63, 3.8) is 0 Å². The van der Waals surface area contributed by atoms with Crippen molar-refractivity contribution in [1.29, 1.82) is 0 Å². The Kier molecular flexibility index (Phi) is 4.02. The number of aromatic nitrogens is 4. The highest BCUT2D eigenvalue weighted by Crippen LogP contribution is 2.38. The van der Waals surface area contributed by atoms with Gasteiger partial charge in [-0.1, -0.05) is 127 Å². The van der Waals surface area contributed by atoms with Gasteiger partial charge in [-0.25, -0.2) is 9.97 Å². The summed E-state index contributed by atoms with van der Waals surface area (Å²) in [5.74, 6) is -0.120. The number of rotatable bonds is 5. The van der Waals surface area contributed by atoms with E-state index in [0.717, 1.165) is 0 Å². The summed E-state index contributed by atoms with van der Waals surface area (Å²) >= 11 is 0. The van der Waals surface area contributed by atoms with E-state index in [0.29, 0.717) is 28.2 Å². The minimum atomic E-state index is -0.672. The number of benzene rings is 7. The Morgan fingerprint density at radius 2 is 0.840 bits per heavy atom. The molecule has 0 atom stereocenters. The minimum absolute atomic E-state index is 0.0498. The first-order valence-corrected chi connectivity index (χ1v) is 15.8. The van der Waals surface area contributed by atoms with E-state index < -0.39 is 95.7 Å². The van der Waals surface area contributed by atoms with Gasteiger partial charge in [0.2, 0.25) is 5.95 Å². The van der Waals surface area contributed by atoms with Gasteiger partial charge < -0.3 is 4.57 Å². The number of para-hydroxylation sites is 3. The average molecular weight is 653 g/mol. The molecule has 4 nitrogen and oxygen atoms in total. The van der Waals surface area contributed by atoms with Crippen molar-refractivity contribution in [2.75, 3.05) is 0 Å². The number of hydrogen-bond donors (Lipinski definition) is 0. The zero-order valence-electron chi connectivity index (χ0n) is 40.0. The molecule has 0 saturated heterocycles. The van der Waals surface area contributed by atoms with Gasteiger partial charge in [0.05, 0.1) is 52.6 Å². The third kappa shape index (κ3) is 4.54. The molecule has 0 amide bonds. The van der Waals surface area contributed by atoms with Crippen molar-refractivity contribution in [2.45, 2.75) is 0 Å². The predicted molar refractivity (Wildman–Crippen MR) is 207 cm³/mol. The van der Waals surface area contributed by atoms with Crippen LogP contribution in [0.5, 0.6) is 0 Å². The van der Waals surface area contributed by atoms with Crippen LogP contribution < -0.4 is 0 Å². The number of hydrogen-bond acceptors (Lipinski definition) is 2. The minimum Gasteiger partial charge on any atom is -0.309 e. The summed E-state index contributed by atoms with van der Waals surface area (Å²) in [5.41, 5.74) is 1.21. The molecule has 0 radical (unpaired) electrons. The van der Waals surface area contributed by atoms with Gasteiger partial charge in [0.1, 0.15) is 0 Å². The van der Waals surface area contributed by atoms with E-state index >= 15 is 0 Å². The standard InChI is InChI=1S/C46H30N4/c1-4-14-31(15-5-1)40-30-41(32-16-6-2-7-17-32)48-46(47-40)50-43-23-13-11-21-37(43)39-29-34(25-27-45(39)50)33-24-26-44-38(28-33)36-20-10-12-22-42(36)49(44)35-18-8-3-9-19-35/h1-30H/i10D,11D,12D,13D,20D,21D,22D,23D,24D,25D,26D,27D,28D,29D. The second-order valence-electron chi connectivity index (χ2n) is 11.6. The third-order valence-corrected chi connectivity index (χ3v) is 8.63. The summed E-state index contributed by atoms with van der Waals surface area (Å²) < 4.78 is 131. The SMILES string of the molecule is [2H]c1c([2H])c([2H])c2c(c1[2H])c1c([2H])c(-c3c([2H])c([2H])c4c(c3[2H])c3c([2H])c([2H])c([2H])c([2H])c3n4-c3nc(-c4ccccc4)cc(-c4ccccc4)n3)c([2H])c([2H])c1n2-c1ccccc1. The van der Waals surface area contributed by atoms with Crippen molar-refractivity contribution in [1.82, 2.24) is 19.1 Å². The lowest BCUT2D eigenvalue weighted by molar-refractivity contribution is 0.995. The van der Waals surface area contributed by atoms with Crippen LogP contribution in [0.1, 0.15) is 19.2 Å². The van der Waals surface area contributed by atoms with Gasteiger partial charge in [0.25, 0.3) is 0 Å². The summed E-state index contributed by atoms with van der Waals surface area (Å²) in [4.78, 5) is 9.76. The number of fused-ring (bicyclic) bond motifs is 6. The normalized spacial score (nSPS) is 15.5. The van der Waals surface area contributed by atoms with E-state index in [2.05, 4.69) is 0 Å². The Labute approximate surface area is 308 Å². The molecule has 4 heteroatoms. The largest absolute Gasteiger partial charge is 0.309 e. The molecule has 3 heterocycles. The monoisotopic (exact) mass is 652 g/mol. The van der Waals surface area contributed by atoms with E-state index in [9.17, 15) is 11.0 Å². The highest BCUT2D eigenvalue weighted by atomic mass is 15.2. The van der Waals surface area contributed by atoms with Gasteiger partial charge >= 0.3 is 0 Å². The topological polar surface area (TPSA) is 35.6 Å². The lowest BCUT2D eigenvalue weighted by Crippen LogP contribution is -2.03. The molecule has 0 bridgehead atoms. The highest BCUT2D eigenvalue weighted by Gasteiger charge is 2.18. The summed E-state index contributed by atoms with van der Waals surface area (Å²) in [5, 5.41) is -0.677. The van der Waals surface area contributed by atoms with Gasteiger partial charge in [0.15, 0.2) is 0 Å². The van der Waals surface area contributed by atoms with Crippen molar-refractivity contribution in [2.24, 2.45) is 0 Å². The Balaban J connectivity index is 1.38. The summed E-state index contributed by atoms with van der Waals surface area (Å²) in [6.45, 7) is 0. The third-order valence-electron chi connectivity index (χ3n) is 8.63. The van der Waals surface area contributed by atoms with Crippen LogP contribution in [0.25, 0.3) is 88.9 Å². The Morgan fingerprint density at radius 1 is 0.400 bits per heavy atom. The van der Waals surface area contributed by atoms with E-state index in [1.54, 1.807) is 36.4 Å². The number of nitrogens with zero attached hydrogens (tertiary/aromatic N) is 4. The first-order chi connectivity index (χ1) is 30.6. The molecule has 3 aromatic heterocycles. The van der Waals surface area contributed by atoms with E-state index in [1.165, 1.54) is 9.13 Å². The molecule has 0 aliphatic heterocycles. The molecule has 0 aliphatic carbocycles. The van der Waals surface area contributed by atoms with Gasteiger partial charge in [-0.3, -0.25) is 4.57 Å². The van der Waals surface area contributed by atoms with Crippen LogP contribution in [0.15, 0.2) is 182 Å². The second-order valence-corrected chi connectivity index (χ2v) is 11.6. The Morgan fingerprint density at radius 3 is 1.38 bits per heavy atom. The van der Waals surface area contributed by atoms with E-state index in [-0.39, 0.29) is 49.6 Å². The molecular formula is C46H30N4. The molecule has 0 fully saturated rings. The van der Waals surface area contributed by atoms with Gasteiger partial charge in [0, 0.05) is 38.4 Å². The maximum Gasteiger partial charge on any atom is 0.235 e. The molecule has 0 N–H and O–H groups in total. The fourth-order valence-electron chi connectivity index (χ4n) is 6.36. The zero-order chi connectivity index (χ0) is 45.2. The van der Waals surface area contributed by atoms with Crippen LogP contribution in [-0.4, -0.2) is 19.1 Å². The second kappa shape index (κ2) is 11.4. The van der Waals surface area contributed by atoms with Crippen LogP contribution in [0.4, 0.5) is 0 Å². The van der Waals surface area contributed by atoms with Crippen LogP contribution in [0.2, 0.25) is 0 Å². The van der Waals surface area contributed by atoms with Crippen LogP contribution in [0, 0.1) is 0 Å². The fourth-order valence-corrected chi connectivity index (χ4v) is 6.36. The molecule has 50 heavy (non-hydrogen) atoms. The van der Waals surface area contributed by atoms with Gasteiger partial charge in [-0.05, 0) is 65.6 Å². The lowest BCUT2D eigenvalue weighted by atomic mass is 10.0. The average Bonchev–Trinajstić information content (AvgIpc) is 3.88. The molecule has 0 spiro atoms. The van der Waals surface area contributed by atoms with Crippen molar-refractivity contribution >= 4 is 43.6 Å². The summed E-state index contributed by atoms with van der Waals surface area (Å²) in [6, 6.07) is 20.5. The van der Waals surface area contributed by atoms with Crippen molar-refractivity contribution < 1.29 is 19.2 Å². The van der Waals surface area contributed by atoms with E-state index in [4.69, 9.17) is 18.2 Å². The molecule has 7 aromatic carbocycles. The van der Waals surface area contributed by atoms with E-state index in [1.807, 2.05) is 60.7 Å². The smallest absolute Gasteiger partial charge is 0.235 e. The Bertz CT molecular complexity index is 3590. The first-order valence-electron chi connectivity index (χ1n) is 22.8. The zero-order valence-corrected chi connectivity index (χ0v) is 26.0. The molecular weight excluding hydrogens is 609 g/mol. The lowest BCUT2D eigenvalue weighted by Gasteiger charge is -2.12. The molecule has 0 unspecified atom stereocenters.